The van der Waals surface area contributed by atoms with Crippen LogP contribution in [0.15, 0.2) is 23.8 Å². The molecule has 1 unspecified atom stereocenters. The van der Waals surface area contributed by atoms with Crippen LogP contribution >= 0.6 is 0 Å². The summed E-state index contributed by atoms with van der Waals surface area (Å²) < 4.78 is 0. The summed E-state index contributed by atoms with van der Waals surface area (Å²) in [5, 5.41) is 0. The van der Waals surface area contributed by atoms with E-state index in [-0.39, 0.29) is 18.9 Å². The second-order valence-corrected chi connectivity index (χ2v) is 6.60. The molecular formula is C19H35LiN2. The number of unbranched alkanes of at least 4 members (excludes halogenated alkanes) is 3. The molecule has 0 bridgehead atoms. The van der Waals surface area contributed by atoms with Gasteiger partial charge in [-0.2, -0.15) is 0 Å². The van der Waals surface area contributed by atoms with Crippen molar-refractivity contribution in [2.24, 2.45) is 0 Å². The van der Waals surface area contributed by atoms with Crippen molar-refractivity contribution in [1.82, 2.24) is 9.80 Å². The first-order chi connectivity index (χ1) is 10.0. The van der Waals surface area contributed by atoms with E-state index in [0.29, 0.717) is 6.04 Å². The van der Waals surface area contributed by atoms with Gasteiger partial charge in [0.1, 0.15) is 0 Å². The largest absolute Gasteiger partial charge is 1.00 e. The fourth-order valence-corrected chi connectivity index (χ4v) is 3.00. The van der Waals surface area contributed by atoms with Crippen LogP contribution in [0, 0.1) is 6.92 Å². The van der Waals surface area contributed by atoms with Crippen LogP contribution in [0.25, 0.3) is 0 Å². The van der Waals surface area contributed by atoms with Crippen molar-refractivity contribution in [3.8, 4) is 0 Å². The molecular weight excluding hydrogens is 263 g/mol. The molecule has 1 atom stereocenters. The summed E-state index contributed by atoms with van der Waals surface area (Å²) in [7, 11) is 2.21. The molecule has 1 aliphatic rings. The first-order valence-corrected chi connectivity index (χ1v) is 8.63. The number of hydrogen-bond acceptors (Lipinski definition) is 2. The maximum absolute atomic E-state index is 4.23. The van der Waals surface area contributed by atoms with E-state index in [1.54, 1.807) is 0 Å². The average molecular weight is 298 g/mol. The van der Waals surface area contributed by atoms with Gasteiger partial charge < -0.3 is 4.90 Å². The third-order valence-electron chi connectivity index (χ3n) is 4.53. The molecule has 0 aliphatic carbocycles. The molecule has 0 spiro atoms. The predicted octanol–water partition coefficient (Wildman–Crippen LogP) is 1.30. The molecule has 2 nitrogen and oxygen atoms in total. The minimum absolute atomic E-state index is 0. The molecule has 22 heavy (non-hydrogen) atoms. The first kappa shape index (κ1) is 21.9. The molecule has 1 rings (SSSR count). The van der Waals surface area contributed by atoms with E-state index >= 15 is 0 Å². The van der Waals surface area contributed by atoms with Crippen LogP contribution in [0.2, 0.25) is 0 Å². The summed E-state index contributed by atoms with van der Waals surface area (Å²) in [6.07, 6.45) is 9.74. The van der Waals surface area contributed by atoms with Crippen LogP contribution in [-0.2, 0) is 0 Å². The van der Waals surface area contributed by atoms with Gasteiger partial charge in [0.15, 0.2) is 0 Å². The van der Waals surface area contributed by atoms with E-state index in [4.69, 9.17) is 0 Å². The summed E-state index contributed by atoms with van der Waals surface area (Å²) in [6.45, 7) is 17.6. The Morgan fingerprint density at radius 2 is 1.86 bits per heavy atom. The second-order valence-electron chi connectivity index (χ2n) is 6.60. The molecule has 1 saturated heterocycles. The van der Waals surface area contributed by atoms with Crippen molar-refractivity contribution >= 4 is 0 Å². The Hall–Kier alpha value is -0.133. The van der Waals surface area contributed by atoms with Gasteiger partial charge in [-0.25, -0.2) is 18.6 Å². The van der Waals surface area contributed by atoms with Crippen molar-refractivity contribution in [3.05, 3.63) is 30.7 Å². The van der Waals surface area contributed by atoms with Gasteiger partial charge in [0, 0.05) is 32.2 Å². The first-order valence-electron chi connectivity index (χ1n) is 8.63. The van der Waals surface area contributed by atoms with E-state index < -0.39 is 0 Å². The third-order valence-corrected chi connectivity index (χ3v) is 4.53. The summed E-state index contributed by atoms with van der Waals surface area (Å²) in [5.41, 5.74) is 2.62. The average Bonchev–Trinajstić information content (AvgIpc) is 2.45. The van der Waals surface area contributed by atoms with Gasteiger partial charge in [-0.3, -0.25) is 4.90 Å². The Morgan fingerprint density at radius 3 is 2.41 bits per heavy atom. The fourth-order valence-electron chi connectivity index (χ4n) is 3.00. The van der Waals surface area contributed by atoms with Gasteiger partial charge in [-0.15, -0.1) is 6.42 Å². The molecule has 0 radical (unpaired) electrons. The van der Waals surface area contributed by atoms with Crippen LogP contribution < -0.4 is 18.9 Å². The molecule has 1 heterocycles. The fraction of sp³-hybridized carbons (Fsp3) is 0.737. The SMILES string of the molecule is C=C(C)C(CC/C([CH2-])=C\CCCCC)N1CCN(C)CC1.[Li+]. The van der Waals surface area contributed by atoms with Crippen LogP contribution in [-0.4, -0.2) is 49.1 Å². The summed E-state index contributed by atoms with van der Waals surface area (Å²) in [4.78, 5) is 5.01. The molecule has 0 aromatic carbocycles. The molecule has 0 amide bonds. The van der Waals surface area contributed by atoms with Gasteiger partial charge >= 0.3 is 18.9 Å². The molecule has 1 fully saturated rings. The molecule has 0 saturated carbocycles. The van der Waals surface area contributed by atoms with Crippen molar-refractivity contribution in [2.45, 2.75) is 58.4 Å². The van der Waals surface area contributed by atoms with Crippen molar-refractivity contribution < 1.29 is 18.9 Å². The van der Waals surface area contributed by atoms with E-state index in [0.717, 1.165) is 6.42 Å². The molecule has 0 N–H and O–H groups in total. The van der Waals surface area contributed by atoms with E-state index in [1.807, 2.05) is 0 Å². The standard InChI is InChI=1S/C19H35N2.Li/c1-6-7-8-9-10-18(4)11-12-19(17(2)3)21-15-13-20(5)14-16-21;/h10,19H,2,4,6-9,11-16H2,1,3,5H3;/q-1;+1/b18-10-;. The van der Waals surface area contributed by atoms with Crippen LogP contribution in [0.5, 0.6) is 0 Å². The Labute approximate surface area is 151 Å². The van der Waals surface area contributed by atoms with Crippen molar-refractivity contribution in [3.63, 3.8) is 0 Å². The normalized spacial score (nSPS) is 18.8. The second kappa shape index (κ2) is 12.3. The van der Waals surface area contributed by atoms with Gasteiger partial charge in [0.25, 0.3) is 0 Å². The zero-order valence-corrected chi connectivity index (χ0v) is 15.5. The number of piperazine rings is 1. The molecule has 1 aliphatic heterocycles. The van der Waals surface area contributed by atoms with Gasteiger partial charge in [0.05, 0.1) is 0 Å². The van der Waals surface area contributed by atoms with Crippen molar-refractivity contribution in [2.75, 3.05) is 33.2 Å². The van der Waals surface area contributed by atoms with Crippen molar-refractivity contribution in [1.29, 1.82) is 0 Å². The summed E-state index contributed by atoms with van der Waals surface area (Å²) in [5.74, 6) is 0. The van der Waals surface area contributed by atoms with E-state index in [9.17, 15) is 0 Å². The quantitative estimate of drug-likeness (QED) is 0.274. The number of rotatable bonds is 9. The Morgan fingerprint density at radius 1 is 1.23 bits per heavy atom. The number of nitrogens with zero attached hydrogens (tertiary/aromatic N) is 2. The Balaban J connectivity index is 0.00000441. The molecule has 3 heteroatoms. The van der Waals surface area contributed by atoms with Crippen LogP contribution in [0.4, 0.5) is 0 Å². The molecule has 0 aromatic heterocycles. The van der Waals surface area contributed by atoms with Gasteiger partial charge in [-0.1, -0.05) is 44.8 Å². The number of hydrogen-bond donors (Lipinski definition) is 0. The number of allylic oxidation sites excluding steroid dienone is 2. The van der Waals surface area contributed by atoms with E-state index in [2.05, 4.69) is 50.3 Å². The smallest absolute Gasteiger partial charge is 0.304 e. The monoisotopic (exact) mass is 298 g/mol. The Bertz CT molecular complexity index is 330. The van der Waals surface area contributed by atoms with Gasteiger partial charge in [0.2, 0.25) is 0 Å². The maximum atomic E-state index is 4.23. The van der Waals surface area contributed by atoms with Gasteiger partial charge in [-0.05, 0) is 20.4 Å². The predicted molar refractivity (Wildman–Crippen MR) is 94.5 cm³/mol. The number of likely N-dealkylation sites (N-methyl/N-ethyl adjacent to an activating group) is 1. The Kier molecular flexibility index (Phi) is 12.2. The van der Waals surface area contributed by atoms with Crippen LogP contribution in [0.1, 0.15) is 52.4 Å². The van der Waals surface area contributed by atoms with E-state index in [1.165, 1.54) is 69.4 Å². The van der Waals surface area contributed by atoms with Crippen LogP contribution in [0.3, 0.4) is 0 Å². The maximum Gasteiger partial charge on any atom is 1.00 e. The minimum atomic E-state index is 0. The summed E-state index contributed by atoms with van der Waals surface area (Å²) in [6, 6.07) is 0.527. The topological polar surface area (TPSA) is 6.48 Å². The third kappa shape index (κ3) is 8.49. The molecule has 0 aromatic rings. The zero-order valence-electron chi connectivity index (χ0n) is 15.5. The zero-order chi connectivity index (χ0) is 15.7. The minimum Gasteiger partial charge on any atom is -0.304 e. The molecule has 122 valence electrons. The summed E-state index contributed by atoms with van der Waals surface area (Å²) >= 11 is 0.